The first-order valence-electron chi connectivity index (χ1n) is 4.71. The summed E-state index contributed by atoms with van der Waals surface area (Å²) in [6, 6.07) is 6.99. The summed E-state index contributed by atoms with van der Waals surface area (Å²) >= 11 is 0. The number of nitrogens with one attached hydrogen (secondary N) is 1. The summed E-state index contributed by atoms with van der Waals surface area (Å²) in [6.07, 6.45) is -1.56. The maximum Gasteiger partial charge on any atom is 0.122 e. The summed E-state index contributed by atoms with van der Waals surface area (Å²) < 4.78 is 13.0. The summed E-state index contributed by atoms with van der Waals surface area (Å²) in [5, 5.41) is 12.5. The van der Waals surface area contributed by atoms with E-state index in [2.05, 4.69) is 5.32 Å². The monoisotopic (exact) mass is 197 g/mol. The molecule has 1 aromatic carbocycles. The number of alkyl halides is 1. The Hall–Kier alpha value is -0.930. The fraction of sp³-hybridized carbons (Fsp3) is 0.455. The van der Waals surface area contributed by atoms with Crippen molar-refractivity contribution in [1.82, 2.24) is 5.32 Å². The van der Waals surface area contributed by atoms with Gasteiger partial charge in [0.1, 0.15) is 6.17 Å². The van der Waals surface area contributed by atoms with Crippen molar-refractivity contribution in [2.75, 3.05) is 13.6 Å². The van der Waals surface area contributed by atoms with Crippen LogP contribution in [-0.4, -0.2) is 18.7 Å². The zero-order valence-electron chi connectivity index (χ0n) is 8.50. The zero-order valence-corrected chi connectivity index (χ0v) is 8.50. The van der Waals surface area contributed by atoms with Crippen LogP contribution in [0.5, 0.6) is 0 Å². The van der Waals surface area contributed by atoms with Gasteiger partial charge in [-0.1, -0.05) is 24.3 Å². The molecule has 2 nitrogen and oxygen atoms in total. The molecule has 2 atom stereocenters. The quantitative estimate of drug-likeness (QED) is 0.773. The van der Waals surface area contributed by atoms with Gasteiger partial charge in [0.15, 0.2) is 0 Å². The fourth-order valence-corrected chi connectivity index (χ4v) is 1.32. The van der Waals surface area contributed by atoms with Gasteiger partial charge >= 0.3 is 0 Å². The molecule has 0 saturated heterocycles. The first-order valence-corrected chi connectivity index (χ1v) is 4.71. The molecule has 1 aromatic rings. The van der Waals surface area contributed by atoms with Crippen LogP contribution >= 0.6 is 0 Å². The lowest BCUT2D eigenvalue weighted by Crippen LogP contribution is -2.16. The average molecular weight is 197 g/mol. The molecule has 0 saturated carbocycles. The Labute approximate surface area is 83.8 Å². The van der Waals surface area contributed by atoms with Gasteiger partial charge in [-0.25, -0.2) is 4.39 Å². The van der Waals surface area contributed by atoms with E-state index in [4.69, 9.17) is 0 Å². The van der Waals surface area contributed by atoms with Gasteiger partial charge in [0, 0.05) is 6.54 Å². The molecule has 0 fully saturated rings. The molecule has 3 heteroatoms. The minimum atomic E-state index is -0.989. The van der Waals surface area contributed by atoms with Crippen molar-refractivity contribution >= 4 is 0 Å². The smallest absolute Gasteiger partial charge is 0.122 e. The second-order valence-corrected chi connectivity index (χ2v) is 3.36. The number of aliphatic hydroxyl groups excluding tert-OH is 1. The Balaban J connectivity index is 2.82. The molecular weight excluding hydrogens is 181 g/mol. The lowest BCUT2D eigenvalue weighted by molar-refractivity contribution is 0.177. The molecule has 78 valence electrons. The van der Waals surface area contributed by atoms with Crippen LogP contribution in [0.4, 0.5) is 4.39 Å². The minimum Gasteiger partial charge on any atom is -0.387 e. The maximum absolute atomic E-state index is 13.0. The molecular formula is C11H16FNO. The van der Waals surface area contributed by atoms with Gasteiger partial charge in [-0.3, -0.25) is 0 Å². The highest BCUT2D eigenvalue weighted by atomic mass is 19.1. The van der Waals surface area contributed by atoms with Crippen molar-refractivity contribution in [3.63, 3.8) is 0 Å². The first-order chi connectivity index (χ1) is 6.65. The van der Waals surface area contributed by atoms with Gasteiger partial charge in [-0.05, 0) is 25.1 Å². The second-order valence-electron chi connectivity index (χ2n) is 3.36. The summed E-state index contributed by atoms with van der Waals surface area (Å²) in [5.41, 5.74) is 1.36. The number of likely N-dealkylation sites (N-methyl/N-ethyl adjacent to an activating group) is 1. The van der Waals surface area contributed by atoms with Crippen LogP contribution in [0.15, 0.2) is 24.3 Å². The van der Waals surface area contributed by atoms with Gasteiger partial charge in [0.2, 0.25) is 0 Å². The van der Waals surface area contributed by atoms with E-state index in [1.807, 2.05) is 0 Å². The number of halogens is 1. The Morgan fingerprint density at radius 1 is 1.43 bits per heavy atom. The van der Waals surface area contributed by atoms with Crippen LogP contribution < -0.4 is 5.32 Å². The molecule has 0 aliphatic carbocycles. The molecule has 0 spiro atoms. The molecule has 0 bridgehead atoms. The van der Waals surface area contributed by atoms with Crippen LogP contribution in [0.3, 0.4) is 0 Å². The molecule has 0 radical (unpaired) electrons. The molecule has 14 heavy (non-hydrogen) atoms. The van der Waals surface area contributed by atoms with Crippen LogP contribution in [0.2, 0.25) is 0 Å². The number of hydrogen-bond donors (Lipinski definition) is 2. The van der Waals surface area contributed by atoms with Crippen LogP contribution in [0, 0.1) is 0 Å². The average Bonchev–Trinajstić information content (AvgIpc) is 2.18. The highest BCUT2D eigenvalue weighted by molar-refractivity contribution is 5.26. The van der Waals surface area contributed by atoms with E-state index >= 15 is 0 Å². The fourth-order valence-electron chi connectivity index (χ4n) is 1.32. The van der Waals surface area contributed by atoms with E-state index in [1.165, 1.54) is 6.92 Å². The Bertz CT molecular complexity index is 288. The van der Waals surface area contributed by atoms with Gasteiger partial charge in [0.25, 0.3) is 0 Å². The standard InChI is InChI=1S/C11H16FNO/c1-8(12)9-4-3-5-10(6-9)11(14)7-13-2/h3-6,8,11,13-14H,7H2,1-2H3. The van der Waals surface area contributed by atoms with Crippen molar-refractivity contribution < 1.29 is 9.50 Å². The lowest BCUT2D eigenvalue weighted by Gasteiger charge is -2.12. The summed E-state index contributed by atoms with van der Waals surface area (Å²) in [6.45, 7) is 1.97. The minimum absolute atomic E-state index is 0.476. The van der Waals surface area contributed by atoms with E-state index < -0.39 is 12.3 Å². The summed E-state index contributed by atoms with van der Waals surface area (Å²) in [7, 11) is 1.77. The van der Waals surface area contributed by atoms with Crippen molar-refractivity contribution in [3.05, 3.63) is 35.4 Å². The number of rotatable bonds is 4. The number of aliphatic hydroxyl groups is 1. The van der Waals surface area contributed by atoms with Crippen molar-refractivity contribution in [2.45, 2.75) is 19.2 Å². The van der Waals surface area contributed by atoms with E-state index in [1.54, 1.807) is 31.3 Å². The number of hydrogen-bond acceptors (Lipinski definition) is 2. The molecule has 1 rings (SSSR count). The van der Waals surface area contributed by atoms with E-state index in [-0.39, 0.29) is 0 Å². The largest absolute Gasteiger partial charge is 0.387 e. The SMILES string of the molecule is CNCC(O)c1cccc(C(C)F)c1. The molecule has 2 N–H and O–H groups in total. The topological polar surface area (TPSA) is 32.3 Å². The van der Waals surface area contributed by atoms with Crippen LogP contribution in [0.1, 0.15) is 30.3 Å². The molecule has 2 unspecified atom stereocenters. The molecule has 0 aromatic heterocycles. The third-order valence-electron chi connectivity index (χ3n) is 2.15. The predicted molar refractivity (Wildman–Crippen MR) is 54.9 cm³/mol. The van der Waals surface area contributed by atoms with Crippen LogP contribution in [-0.2, 0) is 0 Å². The van der Waals surface area contributed by atoms with Crippen molar-refractivity contribution in [1.29, 1.82) is 0 Å². The third kappa shape index (κ3) is 2.79. The lowest BCUT2D eigenvalue weighted by atomic mass is 10.0. The molecule has 0 heterocycles. The van der Waals surface area contributed by atoms with E-state index in [9.17, 15) is 9.50 Å². The van der Waals surface area contributed by atoms with Gasteiger partial charge in [-0.15, -0.1) is 0 Å². The highest BCUT2D eigenvalue weighted by Gasteiger charge is 2.08. The molecule has 0 aliphatic rings. The normalized spacial score (nSPS) is 15.1. The van der Waals surface area contributed by atoms with E-state index in [0.717, 1.165) is 5.56 Å². The van der Waals surface area contributed by atoms with Gasteiger partial charge < -0.3 is 10.4 Å². The van der Waals surface area contributed by atoms with Crippen molar-refractivity contribution in [2.24, 2.45) is 0 Å². The number of benzene rings is 1. The Kier molecular flexibility index (Phi) is 4.04. The van der Waals surface area contributed by atoms with Gasteiger partial charge in [-0.2, -0.15) is 0 Å². The second kappa shape index (κ2) is 5.08. The van der Waals surface area contributed by atoms with Crippen molar-refractivity contribution in [3.8, 4) is 0 Å². The van der Waals surface area contributed by atoms with E-state index in [0.29, 0.717) is 12.1 Å². The summed E-state index contributed by atoms with van der Waals surface area (Å²) in [5.74, 6) is 0. The third-order valence-corrected chi connectivity index (χ3v) is 2.15. The maximum atomic E-state index is 13.0. The predicted octanol–water partition coefficient (Wildman–Crippen LogP) is 1.97. The molecule has 0 aliphatic heterocycles. The highest BCUT2D eigenvalue weighted by Crippen LogP contribution is 2.20. The zero-order chi connectivity index (χ0) is 10.6. The van der Waals surface area contributed by atoms with Crippen LogP contribution in [0.25, 0.3) is 0 Å². The Morgan fingerprint density at radius 2 is 2.07 bits per heavy atom. The van der Waals surface area contributed by atoms with Gasteiger partial charge in [0.05, 0.1) is 6.10 Å². The molecule has 0 amide bonds. The Morgan fingerprint density at radius 3 is 2.64 bits per heavy atom. The summed E-state index contributed by atoms with van der Waals surface area (Å²) in [4.78, 5) is 0. The first kappa shape index (κ1) is 11.1.